The minimum absolute atomic E-state index is 0. The minimum atomic E-state index is -1.38. The molecule has 0 saturated carbocycles. The average Bonchev–Trinajstić information content (AvgIpc) is 1.52. The van der Waals surface area contributed by atoms with E-state index in [1.807, 2.05) is 19.1 Å². The first-order valence-corrected chi connectivity index (χ1v) is 33.2. The van der Waals surface area contributed by atoms with Gasteiger partial charge in [0.25, 0.3) is 0 Å². The fourth-order valence-electron chi connectivity index (χ4n) is 11.0. The van der Waals surface area contributed by atoms with Gasteiger partial charge in [0.15, 0.2) is 11.5 Å². The van der Waals surface area contributed by atoms with Gasteiger partial charge < -0.3 is 105 Å². The second kappa shape index (κ2) is 48.4. The smallest absolute Gasteiger partial charge is 0.545 e. The number of rotatable bonds is 55. The van der Waals surface area contributed by atoms with Gasteiger partial charge in [0, 0.05) is 26.9 Å². The average molecular weight is 1490 g/mol. The molecule has 23 heteroatoms. The summed E-state index contributed by atoms with van der Waals surface area (Å²) in [5.74, 6) is -0.213. The molecule has 1 aliphatic carbocycles. The third-order valence-electron chi connectivity index (χ3n) is 15.6. The van der Waals surface area contributed by atoms with Gasteiger partial charge in [0.05, 0.1) is 203 Å². The summed E-state index contributed by atoms with van der Waals surface area (Å²) < 4.78 is 104. The maximum Gasteiger partial charge on any atom is 1.00 e. The Kier molecular flexibility index (Phi) is 40.8. The maximum absolute atomic E-state index is 13.0. The standard InChI is InChI=1S/C75H100O22.Cs/c1-56-6-13-64(67(48-56)58-10-16-71(68(51-58)74(78)79)95-45-42-90-35-32-85-25-22-80-3)59-9-15-66-65-14-7-57(2)49-69(65)75(70(66)52-59,62-11-8-60(54-93-40-38-88-30-28-83-20-18-76)61(50-62)55-94-41-39-89-31-29-84-21-19-77)63-12-17-72(96-46-43-91-36-33-86-26-23-81-4)73(53-63)97-47-44-92-37-34-87-27-24-82-5;/h6-17,48-53,76-77H,18-47,54-55H2,1-5H3,(H,78,79);/q;+1/p-1. The van der Waals surface area contributed by atoms with Gasteiger partial charge in [-0.1, -0.05) is 90.0 Å². The number of aliphatic hydroxyl groups excluding tert-OH is 2. The Bertz CT molecular complexity index is 3130. The fourth-order valence-corrected chi connectivity index (χ4v) is 11.0. The van der Waals surface area contributed by atoms with Crippen LogP contribution in [-0.2, 0) is 89.7 Å². The molecule has 0 radical (unpaired) electrons. The Balaban J connectivity index is 0.0000152. The molecule has 7 rings (SSSR count). The minimum Gasteiger partial charge on any atom is -0.545 e. The van der Waals surface area contributed by atoms with E-state index in [4.69, 9.17) is 90.4 Å². The van der Waals surface area contributed by atoms with E-state index in [9.17, 15) is 15.0 Å². The molecule has 98 heavy (non-hydrogen) atoms. The Morgan fingerprint density at radius 2 is 0.724 bits per heavy atom. The molecule has 22 nitrogen and oxygen atoms in total. The number of benzene rings is 6. The third-order valence-corrected chi connectivity index (χ3v) is 15.6. The van der Waals surface area contributed by atoms with E-state index < -0.39 is 11.4 Å². The first-order chi connectivity index (χ1) is 47.7. The van der Waals surface area contributed by atoms with Crippen molar-refractivity contribution in [3.8, 4) is 50.6 Å². The molecule has 0 heterocycles. The molecule has 0 bridgehead atoms. The zero-order valence-corrected chi connectivity index (χ0v) is 64.4. The molecule has 0 fully saturated rings. The van der Waals surface area contributed by atoms with Crippen LogP contribution in [-0.4, -0.2) is 236 Å². The quantitative estimate of drug-likeness (QED) is 0.0494. The molecule has 6 aromatic carbocycles. The number of carbonyl (C=O) groups excluding carboxylic acids is 1. The molecule has 0 saturated heterocycles. The number of aliphatic hydroxyl groups is 2. The molecular weight excluding hydrogens is 1390 g/mol. The Labute approximate surface area is 636 Å². The van der Waals surface area contributed by atoms with E-state index in [0.717, 1.165) is 72.3 Å². The van der Waals surface area contributed by atoms with Crippen molar-refractivity contribution in [2.45, 2.75) is 32.5 Å². The van der Waals surface area contributed by atoms with Gasteiger partial charge in [-0.3, -0.25) is 0 Å². The summed E-state index contributed by atoms with van der Waals surface area (Å²) in [4.78, 5) is 13.0. The molecule has 0 spiro atoms. The second-order valence-electron chi connectivity index (χ2n) is 22.5. The fraction of sp³-hybridized carbons (Fsp3) is 0.507. The monoisotopic (exact) mass is 1480 g/mol. The van der Waals surface area contributed by atoms with Gasteiger partial charge >= 0.3 is 68.9 Å². The SMILES string of the molecule is COCCOCCOCCOc1ccc(C2(c3ccc(COCCOCCOCCO)c(COCCOCCOCCO)c3)c3cc(C)ccc3-c3ccc(-c4ccc(C)cc4-c4ccc(OCCOCCOCCOC)c(C(=O)[O-])c4)cc32)cc1OCCOCCOCCOC.[Cs+]. The first kappa shape index (κ1) is 82.5. The van der Waals surface area contributed by atoms with Crippen LogP contribution in [0, 0.1) is 13.8 Å². The molecule has 0 aliphatic heterocycles. The van der Waals surface area contributed by atoms with Crippen LogP contribution in [0.4, 0.5) is 0 Å². The zero-order valence-electron chi connectivity index (χ0n) is 58.1. The van der Waals surface area contributed by atoms with Crippen molar-refractivity contribution in [1.82, 2.24) is 0 Å². The molecule has 0 aromatic heterocycles. The molecule has 1 unspecified atom stereocenters. The van der Waals surface area contributed by atoms with E-state index in [1.54, 1.807) is 33.5 Å². The van der Waals surface area contributed by atoms with Crippen LogP contribution in [0.5, 0.6) is 17.2 Å². The van der Waals surface area contributed by atoms with E-state index in [0.29, 0.717) is 149 Å². The van der Waals surface area contributed by atoms with Crippen LogP contribution in [0.1, 0.15) is 54.9 Å². The predicted octanol–water partition coefficient (Wildman–Crippen LogP) is 4.63. The predicted molar refractivity (Wildman–Crippen MR) is 362 cm³/mol. The van der Waals surface area contributed by atoms with Crippen LogP contribution in [0.2, 0.25) is 0 Å². The van der Waals surface area contributed by atoms with Crippen molar-refractivity contribution in [2.75, 3.05) is 220 Å². The van der Waals surface area contributed by atoms with E-state index >= 15 is 0 Å². The van der Waals surface area contributed by atoms with Crippen LogP contribution in [0.15, 0.2) is 109 Å². The largest absolute Gasteiger partial charge is 1.00 e. The number of aryl methyl sites for hydroxylation is 2. The van der Waals surface area contributed by atoms with Gasteiger partial charge in [0.1, 0.15) is 25.6 Å². The zero-order chi connectivity index (χ0) is 68.6. The summed E-state index contributed by atoms with van der Waals surface area (Å²) in [6, 6.07) is 37.1. The van der Waals surface area contributed by atoms with Gasteiger partial charge in [-0.25, -0.2) is 0 Å². The number of carboxylic acids is 1. The molecule has 1 aliphatic rings. The number of carbonyl (C=O) groups is 1. The van der Waals surface area contributed by atoms with Gasteiger partial charge in [-0.05, 0) is 111 Å². The van der Waals surface area contributed by atoms with Crippen LogP contribution in [0.3, 0.4) is 0 Å². The normalized spacial score (nSPS) is 13.2. The second-order valence-corrected chi connectivity index (χ2v) is 22.5. The molecule has 0 amide bonds. The summed E-state index contributed by atoms with van der Waals surface area (Å²) in [6.07, 6.45) is 0. The number of methoxy groups -OCH3 is 3. The van der Waals surface area contributed by atoms with E-state index in [-0.39, 0.29) is 159 Å². The molecular formula is C75H99CsO22. The van der Waals surface area contributed by atoms with Gasteiger partial charge in [-0.15, -0.1) is 0 Å². The van der Waals surface area contributed by atoms with Crippen LogP contribution < -0.4 is 88.2 Å². The van der Waals surface area contributed by atoms with E-state index in [2.05, 4.69) is 91.9 Å². The summed E-state index contributed by atoms with van der Waals surface area (Å²) in [7, 11) is 4.88. The summed E-state index contributed by atoms with van der Waals surface area (Å²) in [6.45, 7) is 14.0. The van der Waals surface area contributed by atoms with Crippen molar-refractivity contribution in [1.29, 1.82) is 0 Å². The van der Waals surface area contributed by atoms with Crippen molar-refractivity contribution < 1.29 is 174 Å². The number of hydrogen-bond donors (Lipinski definition) is 2. The molecule has 2 N–H and O–H groups in total. The number of ether oxygens (including phenoxy) is 18. The summed E-state index contributed by atoms with van der Waals surface area (Å²) in [5, 5.41) is 31.3. The molecule has 6 aromatic rings. The van der Waals surface area contributed by atoms with Crippen molar-refractivity contribution in [3.63, 3.8) is 0 Å². The van der Waals surface area contributed by atoms with Crippen molar-refractivity contribution >= 4 is 5.97 Å². The summed E-state index contributed by atoms with van der Waals surface area (Å²) >= 11 is 0. The van der Waals surface area contributed by atoms with E-state index in [1.165, 1.54) is 0 Å². The molecule has 1 atom stereocenters. The Morgan fingerprint density at radius 3 is 1.23 bits per heavy atom. The van der Waals surface area contributed by atoms with Crippen LogP contribution >= 0.6 is 0 Å². The third kappa shape index (κ3) is 26.4. The number of fused-ring (bicyclic) bond motifs is 3. The van der Waals surface area contributed by atoms with Crippen molar-refractivity contribution in [3.05, 3.63) is 159 Å². The van der Waals surface area contributed by atoms with Gasteiger partial charge in [0.2, 0.25) is 0 Å². The number of carboxylic acid groups (broad SMARTS) is 1. The number of aromatic carboxylic acids is 1. The summed E-state index contributed by atoms with van der Waals surface area (Å²) in [5.41, 5.74) is 11.7. The van der Waals surface area contributed by atoms with Crippen molar-refractivity contribution in [2.24, 2.45) is 0 Å². The Hall–Kier alpha value is -4.44. The topological polar surface area (TPSA) is 247 Å². The van der Waals surface area contributed by atoms with Crippen LogP contribution in [0.25, 0.3) is 33.4 Å². The Morgan fingerprint density at radius 1 is 0.347 bits per heavy atom. The molecule has 532 valence electrons. The first-order valence-electron chi connectivity index (χ1n) is 33.2. The van der Waals surface area contributed by atoms with Gasteiger partial charge in [-0.2, -0.15) is 0 Å². The maximum atomic E-state index is 13.0. The number of hydrogen-bond acceptors (Lipinski definition) is 22.